The van der Waals surface area contributed by atoms with Crippen molar-refractivity contribution in [2.45, 2.75) is 31.7 Å². The van der Waals surface area contributed by atoms with Crippen LogP contribution < -0.4 is 10.1 Å². The van der Waals surface area contributed by atoms with Crippen LogP contribution in [0.25, 0.3) is 10.2 Å². The second-order valence-corrected chi connectivity index (χ2v) is 5.72. The third-order valence-electron chi connectivity index (χ3n) is 3.38. The number of aromatic nitrogens is 1. The van der Waals surface area contributed by atoms with Crippen LogP contribution in [0.1, 0.15) is 25.7 Å². The highest BCUT2D eigenvalue weighted by atomic mass is 32.1. The maximum Gasteiger partial charge on any atom is 0.274 e. The van der Waals surface area contributed by atoms with Crippen molar-refractivity contribution in [1.29, 1.82) is 0 Å². The molecule has 1 aromatic heterocycles. The van der Waals surface area contributed by atoms with Crippen molar-refractivity contribution < 1.29 is 4.74 Å². The second kappa shape index (κ2) is 5.67. The van der Waals surface area contributed by atoms with Crippen LogP contribution in [0.5, 0.6) is 5.19 Å². The van der Waals surface area contributed by atoms with Crippen molar-refractivity contribution in [1.82, 2.24) is 10.3 Å². The molecule has 0 spiro atoms. The molecule has 1 aromatic carbocycles. The van der Waals surface area contributed by atoms with Gasteiger partial charge in [0.25, 0.3) is 5.19 Å². The molecule has 1 unspecified atom stereocenters. The summed E-state index contributed by atoms with van der Waals surface area (Å²) in [6.45, 7) is 1.92. The number of fused-ring (bicyclic) bond motifs is 1. The van der Waals surface area contributed by atoms with Gasteiger partial charge >= 0.3 is 0 Å². The van der Waals surface area contributed by atoms with Crippen LogP contribution in [0.2, 0.25) is 0 Å². The van der Waals surface area contributed by atoms with Gasteiger partial charge in [0.2, 0.25) is 0 Å². The van der Waals surface area contributed by atoms with Gasteiger partial charge in [-0.15, -0.1) is 0 Å². The number of para-hydroxylation sites is 1. The first-order valence-corrected chi connectivity index (χ1v) is 7.45. The summed E-state index contributed by atoms with van der Waals surface area (Å²) >= 11 is 1.63. The Hall–Kier alpha value is -1.13. The van der Waals surface area contributed by atoms with Gasteiger partial charge in [-0.3, -0.25) is 0 Å². The van der Waals surface area contributed by atoms with Crippen LogP contribution >= 0.6 is 11.3 Å². The summed E-state index contributed by atoms with van der Waals surface area (Å²) in [4.78, 5) is 4.47. The maximum absolute atomic E-state index is 5.76. The molecular weight excluding hydrogens is 244 g/mol. The molecule has 2 aromatic rings. The van der Waals surface area contributed by atoms with Gasteiger partial charge in [-0.05, 0) is 37.9 Å². The Labute approximate surface area is 111 Å². The lowest BCUT2D eigenvalue weighted by molar-refractivity contribution is 0.267. The standard InChI is InChI=1S/C14H18N2OS/c1-2-7-13-12(6-1)16-14(18-13)17-10-8-11-5-3-4-9-15-11/h1-2,6-7,11,15H,3-5,8-10H2. The van der Waals surface area contributed by atoms with E-state index >= 15 is 0 Å². The van der Waals surface area contributed by atoms with Crippen LogP contribution in [0.15, 0.2) is 24.3 Å². The molecule has 3 rings (SSSR count). The first kappa shape index (κ1) is 11.9. The molecular formula is C14H18N2OS. The molecule has 18 heavy (non-hydrogen) atoms. The number of hydrogen-bond acceptors (Lipinski definition) is 4. The van der Waals surface area contributed by atoms with E-state index in [0.29, 0.717) is 6.04 Å². The molecule has 1 atom stereocenters. The van der Waals surface area contributed by atoms with Gasteiger partial charge in [0.15, 0.2) is 0 Å². The Balaban J connectivity index is 1.53. The minimum atomic E-state index is 0.633. The minimum absolute atomic E-state index is 0.633. The van der Waals surface area contributed by atoms with Crippen molar-refractivity contribution in [3.05, 3.63) is 24.3 Å². The lowest BCUT2D eigenvalue weighted by Crippen LogP contribution is -2.35. The highest BCUT2D eigenvalue weighted by Crippen LogP contribution is 2.27. The SMILES string of the molecule is c1ccc2sc(OCCC3CCCCN3)nc2c1. The molecule has 2 heterocycles. The van der Waals surface area contributed by atoms with Crippen molar-refractivity contribution in [2.75, 3.05) is 13.2 Å². The fraction of sp³-hybridized carbons (Fsp3) is 0.500. The number of thiazole rings is 1. The van der Waals surface area contributed by atoms with Crippen molar-refractivity contribution in [3.63, 3.8) is 0 Å². The van der Waals surface area contributed by atoms with Crippen LogP contribution in [-0.4, -0.2) is 24.2 Å². The van der Waals surface area contributed by atoms with Gasteiger partial charge in [-0.1, -0.05) is 29.9 Å². The van der Waals surface area contributed by atoms with Crippen molar-refractivity contribution >= 4 is 21.6 Å². The third kappa shape index (κ3) is 2.82. The lowest BCUT2D eigenvalue weighted by atomic mass is 10.0. The first-order chi connectivity index (χ1) is 8.92. The second-order valence-electron chi connectivity index (χ2n) is 4.73. The quantitative estimate of drug-likeness (QED) is 0.918. The van der Waals surface area contributed by atoms with Gasteiger partial charge < -0.3 is 10.1 Å². The number of ether oxygens (including phenoxy) is 1. The minimum Gasteiger partial charge on any atom is -0.470 e. The normalized spacial score (nSPS) is 20.1. The van der Waals surface area contributed by atoms with Crippen molar-refractivity contribution in [2.24, 2.45) is 0 Å². The smallest absolute Gasteiger partial charge is 0.274 e. The molecule has 0 saturated carbocycles. The topological polar surface area (TPSA) is 34.1 Å². The largest absolute Gasteiger partial charge is 0.470 e. The van der Waals surface area contributed by atoms with Gasteiger partial charge in [0.05, 0.1) is 16.8 Å². The fourth-order valence-corrected chi connectivity index (χ4v) is 3.21. The van der Waals surface area contributed by atoms with Crippen molar-refractivity contribution in [3.8, 4) is 5.19 Å². The number of nitrogens with zero attached hydrogens (tertiary/aromatic N) is 1. The Bertz CT molecular complexity index is 472. The number of piperidine rings is 1. The van der Waals surface area contributed by atoms with E-state index in [0.717, 1.165) is 30.3 Å². The van der Waals surface area contributed by atoms with Gasteiger partial charge in [-0.2, -0.15) is 0 Å². The molecule has 4 heteroatoms. The Morgan fingerprint density at radius 3 is 3.11 bits per heavy atom. The highest BCUT2D eigenvalue weighted by molar-refractivity contribution is 7.20. The first-order valence-electron chi connectivity index (χ1n) is 6.63. The molecule has 3 nitrogen and oxygen atoms in total. The molecule has 1 N–H and O–H groups in total. The van der Waals surface area contributed by atoms with Crippen LogP contribution in [-0.2, 0) is 0 Å². The summed E-state index contributed by atoms with van der Waals surface area (Å²) in [5, 5.41) is 4.33. The highest BCUT2D eigenvalue weighted by Gasteiger charge is 2.12. The van der Waals surface area contributed by atoms with E-state index in [1.54, 1.807) is 11.3 Å². The zero-order valence-corrected chi connectivity index (χ0v) is 11.2. The Kier molecular flexibility index (Phi) is 3.76. The summed E-state index contributed by atoms with van der Waals surface area (Å²) in [7, 11) is 0. The molecule has 1 aliphatic heterocycles. The van der Waals surface area contributed by atoms with Gasteiger partial charge in [0.1, 0.15) is 0 Å². The number of rotatable bonds is 4. The molecule has 1 saturated heterocycles. The summed E-state index contributed by atoms with van der Waals surface area (Å²) in [6, 6.07) is 8.80. The molecule has 0 amide bonds. The number of hydrogen-bond donors (Lipinski definition) is 1. The van der Waals surface area contributed by atoms with E-state index in [-0.39, 0.29) is 0 Å². The molecule has 96 valence electrons. The van der Waals surface area contributed by atoms with Gasteiger partial charge in [0, 0.05) is 6.04 Å². The predicted octanol–water partition coefficient (Wildman–Crippen LogP) is 3.21. The Morgan fingerprint density at radius 1 is 1.33 bits per heavy atom. The molecule has 1 aliphatic rings. The zero-order chi connectivity index (χ0) is 12.2. The maximum atomic E-state index is 5.76. The van der Waals surface area contributed by atoms with Crippen LogP contribution in [0.3, 0.4) is 0 Å². The lowest BCUT2D eigenvalue weighted by Gasteiger charge is -2.22. The molecule has 1 fully saturated rings. The summed E-state index contributed by atoms with van der Waals surface area (Å²) in [5.74, 6) is 0. The van der Waals surface area contributed by atoms with Crippen LogP contribution in [0, 0.1) is 0 Å². The van der Waals surface area contributed by atoms with E-state index in [2.05, 4.69) is 16.4 Å². The molecule has 0 bridgehead atoms. The predicted molar refractivity (Wildman–Crippen MR) is 75.4 cm³/mol. The van der Waals surface area contributed by atoms with E-state index in [4.69, 9.17) is 4.74 Å². The Morgan fingerprint density at radius 2 is 2.28 bits per heavy atom. The van der Waals surface area contributed by atoms with E-state index in [1.807, 2.05) is 18.2 Å². The van der Waals surface area contributed by atoms with Crippen LogP contribution in [0.4, 0.5) is 0 Å². The summed E-state index contributed by atoms with van der Waals surface area (Å²) < 4.78 is 6.96. The fourth-order valence-electron chi connectivity index (χ4n) is 2.37. The van der Waals surface area contributed by atoms with Gasteiger partial charge in [-0.25, -0.2) is 4.98 Å². The average Bonchev–Trinajstić information content (AvgIpc) is 2.82. The summed E-state index contributed by atoms with van der Waals surface area (Å²) in [6.07, 6.45) is 5.02. The number of nitrogens with one attached hydrogen (secondary N) is 1. The average molecular weight is 262 g/mol. The van der Waals surface area contributed by atoms with E-state index in [9.17, 15) is 0 Å². The molecule has 0 aliphatic carbocycles. The summed E-state index contributed by atoms with van der Waals surface area (Å²) in [5.41, 5.74) is 1.04. The molecule has 0 radical (unpaired) electrons. The monoisotopic (exact) mass is 262 g/mol. The van der Waals surface area contributed by atoms with E-state index < -0.39 is 0 Å². The zero-order valence-electron chi connectivity index (χ0n) is 10.4. The third-order valence-corrected chi connectivity index (χ3v) is 4.33. The number of benzene rings is 1. The van der Waals surface area contributed by atoms with E-state index in [1.165, 1.54) is 24.0 Å².